The number of hydrogen-bond donors (Lipinski definition) is 1. The van der Waals surface area contributed by atoms with Gasteiger partial charge in [-0.2, -0.15) is 0 Å². The van der Waals surface area contributed by atoms with Crippen LogP contribution in [0.1, 0.15) is 50.1 Å². The van der Waals surface area contributed by atoms with Gasteiger partial charge in [0.15, 0.2) is 0 Å². The lowest BCUT2D eigenvalue weighted by Gasteiger charge is -2.12. The summed E-state index contributed by atoms with van der Waals surface area (Å²) >= 11 is 0. The zero-order valence-corrected chi connectivity index (χ0v) is 8.45. The summed E-state index contributed by atoms with van der Waals surface area (Å²) < 4.78 is 0. The fourth-order valence-corrected chi connectivity index (χ4v) is 2.19. The van der Waals surface area contributed by atoms with Crippen LogP contribution in [-0.2, 0) is 0 Å². The van der Waals surface area contributed by atoms with Gasteiger partial charge in [0.2, 0.25) is 5.95 Å². The number of nitrogens with two attached hydrogens (primary N) is 1. The van der Waals surface area contributed by atoms with Crippen molar-refractivity contribution in [3.8, 4) is 0 Å². The normalized spacial score (nSPS) is 19.1. The average Bonchev–Trinajstić information content (AvgIpc) is 2.45. The lowest BCUT2D eigenvalue weighted by atomic mass is 9.96. The van der Waals surface area contributed by atoms with Gasteiger partial charge in [0.1, 0.15) is 0 Å². The molecule has 0 atom stereocenters. The SMILES string of the molecule is Nc1nccc(C2CCCCCC2)n1. The van der Waals surface area contributed by atoms with Crippen molar-refractivity contribution < 1.29 is 0 Å². The molecule has 0 aromatic carbocycles. The molecule has 1 fully saturated rings. The molecular weight excluding hydrogens is 174 g/mol. The molecule has 14 heavy (non-hydrogen) atoms. The highest BCUT2D eigenvalue weighted by atomic mass is 15.0. The molecule has 0 radical (unpaired) electrons. The molecule has 1 aromatic rings. The summed E-state index contributed by atoms with van der Waals surface area (Å²) in [4.78, 5) is 8.23. The van der Waals surface area contributed by atoms with Crippen LogP contribution in [0.25, 0.3) is 0 Å². The van der Waals surface area contributed by atoms with Gasteiger partial charge in [0.05, 0.1) is 0 Å². The van der Waals surface area contributed by atoms with Crippen LogP contribution < -0.4 is 5.73 Å². The summed E-state index contributed by atoms with van der Waals surface area (Å²) in [6.07, 6.45) is 9.69. The first-order chi connectivity index (χ1) is 6.86. The Labute approximate surface area is 84.8 Å². The largest absolute Gasteiger partial charge is 0.368 e. The highest BCUT2D eigenvalue weighted by molar-refractivity contribution is 5.19. The van der Waals surface area contributed by atoms with Crippen molar-refractivity contribution in [3.05, 3.63) is 18.0 Å². The molecule has 1 aromatic heterocycles. The highest BCUT2D eigenvalue weighted by Crippen LogP contribution is 2.30. The van der Waals surface area contributed by atoms with Gasteiger partial charge in [-0.25, -0.2) is 9.97 Å². The van der Waals surface area contributed by atoms with Crippen LogP contribution in [0, 0.1) is 0 Å². The molecule has 1 heterocycles. The number of nitrogens with zero attached hydrogens (tertiary/aromatic N) is 2. The third kappa shape index (κ3) is 2.22. The first-order valence-corrected chi connectivity index (χ1v) is 5.44. The molecule has 76 valence electrons. The third-order valence-electron chi connectivity index (χ3n) is 2.97. The molecule has 2 N–H and O–H groups in total. The first kappa shape index (κ1) is 9.44. The Hall–Kier alpha value is -1.12. The van der Waals surface area contributed by atoms with Crippen molar-refractivity contribution >= 4 is 5.95 Å². The van der Waals surface area contributed by atoms with E-state index in [0.717, 1.165) is 5.69 Å². The van der Waals surface area contributed by atoms with Gasteiger partial charge >= 0.3 is 0 Å². The molecule has 1 saturated carbocycles. The number of rotatable bonds is 1. The van der Waals surface area contributed by atoms with E-state index >= 15 is 0 Å². The molecule has 0 bridgehead atoms. The maximum atomic E-state index is 5.58. The quantitative estimate of drug-likeness (QED) is 0.694. The monoisotopic (exact) mass is 191 g/mol. The van der Waals surface area contributed by atoms with Gasteiger partial charge in [-0.15, -0.1) is 0 Å². The number of aromatic nitrogens is 2. The van der Waals surface area contributed by atoms with Crippen LogP contribution in [0.15, 0.2) is 12.3 Å². The molecule has 0 unspecified atom stereocenters. The Morgan fingerprint density at radius 2 is 1.86 bits per heavy atom. The van der Waals surface area contributed by atoms with Gasteiger partial charge in [0, 0.05) is 17.8 Å². The van der Waals surface area contributed by atoms with Gasteiger partial charge < -0.3 is 5.73 Å². The minimum Gasteiger partial charge on any atom is -0.368 e. The second-order valence-corrected chi connectivity index (χ2v) is 4.03. The van der Waals surface area contributed by atoms with Crippen LogP contribution in [-0.4, -0.2) is 9.97 Å². The Bertz CT molecular complexity index is 290. The molecule has 0 amide bonds. The lowest BCUT2D eigenvalue weighted by molar-refractivity contribution is 0.577. The number of hydrogen-bond acceptors (Lipinski definition) is 3. The third-order valence-corrected chi connectivity index (χ3v) is 2.97. The standard InChI is InChI=1S/C11H17N3/c12-11-13-8-7-10(14-11)9-5-3-1-2-4-6-9/h7-9H,1-6H2,(H2,12,13,14). The van der Waals surface area contributed by atoms with E-state index in [9.17, 15) is 0 Å². The second kappa shape index (κ2) is 4.40. The van der Waals surface area contributed by atoms with E-state index in [1.165, 1.54) is 38.5 Å². The van der Waals surface area contributed by atoms with E-state index in [1.54, 1.807) is 6.20 Å². The molecule has 0 aliphatic heterocycles. The highest BCUT2D eigenvalue weighted by Gasteiger charge is 2.15. The van der Waals surface area contributed by atoms with Gasteiger partial charge in [0.25, 0.3) is 0 Å². The van der Waals surface area contributed by atoms with Crippen molar-refractivity contribution in [3.63, 3.8) is 0 Å². The van der Waals surface area contributed by atoms with E-state index in [0.29, 0.717) is 11.9 Å². The van der Waals surface area contributed by atoms with Crippen molar-refractivity contribution in [1.29, 1.82) is 0 Å². The van der Waals surface area contributed by atoms with Crippen LogP contribution >= 0.6 is 0 Å². The summed E-state index contributed by atoms with van der Waals surface area (Å²) in [5.74, 6) is 1.02. The zero-order valence-electron chi connectivity index (χ0n) is 8.45. The molecule has 3 heteroatoms. The molecule has 0 saturated heterocycles. The topological polar surface area (TPSA) is 51.8 Å². The fourth-order valence-electron chi connectivity index (χ4n) is 2.19. The minimum atomic E-state index is 0.409. The van der Waals surface area contributed by atoms with Gasteiger partial charge in [-0.05, 0) is 18.9 Å². The Morgan fingerprint density at radius 3 is 2.50 bits per heavy atom. The maximum absolute atomic E-state index is 5.58. The molecule has 1 aliphatic carbocycles. The summed E-state index contributed by atoms with van der Waals surface area (Å²) in [7, 11) is 0. The Morgan fingerprint density at radius 1 is 1.14 bits per heavy atom. The summed E-state index contributed by atoms with van der Waals surface area (Å²) in [6.45, 7) is 0. The molecule has 3 nitrogen and oxygen atoms in total. The van der Waals surface area contributed by atoms with E-state index in [4.69, 9.17) is 5.73 Å². The predicted molar refractivity (Wildman–Crippen MR) is 56.9 cm³/mol. The smallest absolute Gasteiger partial charge is 0.220 e. The number of nitrogen functional groups attached to an aromatic ring is 1. The first-order valence-electron chi connectivity index (χ1n) is 5.44. The van der Waals surface area contributed by atoms with E-state index in [2.05, 4.69) is 9.97 Å². The minimum absolute atomic E-state index is 0.409. The zero-order chi connectivity index (χ0) is 9.80. The Kier molecular flexibility index (Phi) is 2.96. The lowest BCUT2D eigenvalue weighted by Crippen LogP contribution is -2.03. The predicted octanol–water partition coefficient (Wildman–Crippen LogP) is 2.50. The van der Waals surface area contributed by atoms with E-state index in [1.807, 2.05) is 6.07 Å². The van der Waals surface area contributed by atoms with Crippen LogP contribution in [0.3, 0.4) is 0 Å². The van der Waals surface area contributed by atoms with Gasteiger partial charge in [-0.1, -0.05) is 25.7 Å². The van der Waals surface area contributed by atoms with Crippen LogP contribution in [0.5, 0.6) is 0 Å². The maximum Gasteiger partial charge on any atom is 0.220 e. The van der Waals surface area contributed by atoms with E-state index in [-0.39, 0.29) is 0 Å². The van der Waals surface area contributed by atoms with Crippen molar-refractivity contribution in [2.75, 3.05) is 5.73 Å². The summed E-state index contributed by atoms with van der Waals surface area (Å²) in [5.41, 5.74) is 6.72. The molecule has 0 spiro atoms. The molecule has 1 aliphatic rings. The Balaban J connectivity index is 2.12. The van der Waals surface area contributed by atoms with Crippen molar-refractivity contribution in [2.24, 2.45) is 0 Å². The average molecular weight is 191 g/mol. The molecule has 2 rings (SSSR count). The summed E-state index contributed by atoms with van der Waals surface area (Å²) in [6, 6.07) is 2.01. The van der Waals surface area contributed by atoms with Crippen LogP contribution in [0.2, 0.25) is 0 Å². The fraction of sp³-hybridized carbons (Fsp3) is 0.636. The van der Waals surface area contributed by atoms with Crippen LogP contribution in [0.4, 0.5) is 5.95 Å². The number of anilines is 1. The van der Waals surface area contributed by atoms with Crippen molar-refractivity contribution in [1.82, 2.24) is 9.97 Å². The van der Waals surface area contributed by atoms with E-state index < -0.39 is 0 Å². The molecular formula is C11H17N3. The second-order valence-electron chi connectivity index (χ2n) is 4.03. The van der Waals surface area contributed by atoms with Gasteiger partial charge in [-0.3, -0.25) is 0 Å². The van der Waals surface area contributed by atoms with Crippen molar-refractivity contribution in [2.45, 2.75) is 44.4 Å². The summed E-state index contributed by atoms with van der Waals surface area (Å²) in [5, 5.41) is 0.